The molecule has 5 heteroatoms. The van der Waals surface area contributed by atoms with Gasteiger partial charge in [-0.15, -0.1) is 0 Å². The van der Waals surface area contributed by atoms with Crippen LogP contribution in [0.25, 0.3) is 0 Å². The molecule has 3 atom stereocenters. The average Bonchev–Trinajstić information content (AvgIpc) is 3.07. The summed E-state index contributed by atoms with van der Waals surface area (Å²) in [6.07, 6.45) is 6.96. The van der Waals surface area contributed by atoms with E-state index >= 15 is 0 Å². The number of nitrogens with zero attached hydrogens (tertiary/aromatic N) is 2. The monoisotopic (exact) mass is 282 g/mol. The lowest BCUT2D eigenvalue weighted by Gasteiger charge is -2.41. The molecule has 3 unspecified atom stereocenters. The van der Waals surface area contributed by atoms with Crippen LogP contribution in [0.2, 0.25) is 0 Å². The maximum Gasteiger partial charge on any atom is 0.320 e. The van der Waals surface area contributed by atoms with Crippen molar-refractivity contribution >= 4 is 5.97 Å². The van der Waals surface area contributed by atoms with E-state index in [0.717, 1.165) is 64.6 Å². The molecular formula is C15H26N2O3. The number of hydrogen-bond acceptors (Lipinski definition) is 4. The molecule has 1 saturated carbocycles. The lowest BCUT2D eigenvalue weighted by molar-refractivity contribution is -0.143. The first-order valence-electron chi connectivity index (χ1n) is 8.07. The van der Waals surface area contributed by atoms with Crippen molar-refractivity contribution < 1.29 is 15.0 Å². The van der Waals surface area contributed by atoms with Crippen LogP contribution in [-0.4, -0.2) is 69.8 Å². The number of carbonyl (C=O) groups is 1. The van der Waals surface area contributed by atoms with Crippen LogP contribution in [0.1, 0.15) is 44.9 Å². The van der Waals surface area contributed by atoms with Gasteiger partial charge in [0.2, 0.25) is 0 Å². The highest BCUT2D eigenvalue weighted by Crippen LogP contribution is 2.30. The minimum absolute atomic E-state index is 0.148. The van der Waals surface area contributed by atoms with E-state index in [9.17, 15) is 15.0 Å². The van der Waals surface area contributed by atoms with E-state index < -0.39 is 5.97 Å². The normalized spacial score (nSPS) is 37.5. The van der Waals surface area contributed by atoms with Crippen molar-refractivity contribution in [1.82, 2.24) is 9.80 Å². The number of piperidine rings is 1. The number of aliphatic hydroxyl groups is 1. The van der Waals surface area contributed by atoms with Gasteiger partial charge in [-0.3, -0.25) is 14.6 Å². The van der Waals surface area contributed by atoms with Crippen molar-refractivity contribution in [3.63, 3.8) is 0 Å². The third-order valence-electron chi connectivity index (χ3n) is 5.46. The highest BCUT2D eigenvalue weighted by Gasteiger charge is 2.39. The zero-order chi connectivity index (χ0) is 14.1. The van der Waals surface area contributed by atoms with Crippen molar-refractivity contribution in [2.45, 2.75) is 69.2 Å². The molecule has 5 nitrogen and oxygen atoms in total. The van der Waals surface area contributed by atoms with E-state index in [-0.39, 0.29) is 12.1 Å². The van der Waals surface area contributed by atoms with Crippen molar-refractivity contribution in [3.8, 4) is 0 Å². The molecule has 3 fully saturated rings. The number of rotatable bonds is 3. The van der Waals surface area contributed by atoms with Gasteiger partial charge in [-0.05, 0) is 51.5 Å². The predicted molar refractivity (Wildman–Crippen MR) is 75.6 cm³/mol. The SMILES string of the molecule is O=C(O)C1CCCN1C1CCN(C2CCCC2O)CC1. The molecule has 2 N–H and O–H groups in total. The fourth-order valence-corrected chi connectivity index (χ4v) is 4.39. The molecule has 2 saturated heterocycles. The van der Waals surface area contributed by atoms with Crippen molar-refractivity contribution in [1.29, 1.82) is 0 Å². The summed E-state index contributed by atoms with van der Waals surface area (Å²) in [5.41, 5.74) is 0. The first-order chi connectivity index (χ1) is 9.66. The molecule has 114 valence electrons. The Labute approximate surface area is 120 Å². The molecule has 0 radical (unpaired) electrons. The van der Waals surface area contributed by atoms with E-state index in [0.29, 0.717) is 12.1 Å². The first kappa shape index (κ1) is 14.3. The van der Waals surface area contributed by atoms with Crippen LogP contribution in [0, 0.1) is 0 Å². The highest BCUT2D eigenvalue weighted by atomic mass is 16.4. The Morgan fingerprint density at radius 1 is 0.950 bits per heavy atom. The molecule has 0 bridgehead atoms. The van der Waals surface area contributed by atoms with Crippen LogP contribution < -0.4 is 0 Å². The molecule has 0 spiro atoms. The van der Waals surface area contributed by atoms with Gasteiger partial charge in [-0.2, -0.15) is 0 Å². The number of hydrogen-bond donors (Lipinski definition) is 2. The van der Waals surface area contributed by atoms with Crippen LogP contribution in [0.4, 0.5) is 0 Å². The Bertz CT molecular complexity index is 355. The zero-order valence-electron chi connectivity index (χ0n) is 12.1. The minimum Gasteiger partial charge on any atom is -0.480 e. The standard InChI is InChI=1S/C15H26N2O3/c18-14-5-1-3-12(14)16-9-6-11(7-10-16)17-8-2-4-13(17)15(19)20/h11-14,18H,1-10H2,(H,19,20). The minimum atomic E-state index is -0.656. The Balaban J connectivity index is 1.54. The van der Waals surface area contributed by atoms with Gasteiger partial charge < -0.3 is 10.2 Å². The molecule has 0 aromatic rings. The molecule has 20 heavy (non-hydrogen) atoms. The van der Waals surface area contributed by atoms with Gasteiger partial charge in [0.15, 0.2) is 0 Å². The summed E-state index contributed by atoms with van der Waals surface area (Å²) in [6.45, 7) is 2.96. The molecule has 3 rings (SSSR count). The number of carboxylic acids is 1. The fraction of sp³-hybridized carbons (Fsp3) is 0.933. The summed E-state index contributed by atoms with van der Waals surface area (Å²) < 4.78 is 0. The van der Waals surface area contributed by atoms with Crippen LogP contribution in [0.5, 0.6) is 0 Å². The fourth-order valence-electron chi connectivity index (χ4n) is 4.39. The summed E-state index contributed by atoms with van der Waals surface area (Å²) >= 11 is 0. The number of aliphatic carboxylic acids is 1. The van der Waals surface area contributed by atoms with E-state index in [1.807, 2.05) is 0 Å². The summed E-state index contributed by atoms with van der Waals surface area (Å²) in [5, 5.41) is 19.3. The highest BCUT2D eigenvalue weighted by molar-refractivity contribution is 5.73. The van der Waals surface area contributed by atoms with Gasteiger partial charge in [-0.1, -0.05) is 0 Å². The van der Waals surface area contributed by atoms with Crippen molar-refractivity contribution in [2.24, 2.45) is 0 Å². The Hall–Kier alpha value is -0.650. The van der Waals surface area contributed by atoms with Gasteiger partial charge >= 0.3 is 5.97 Å². The largest absolute Gasteiger partial charge is 0.480 e. The van der Waals surface area contributed by atoms with Gasteiger partial charge in [0.1, 0.15) is 6.04 Å². The van der Waals surface area contributed by atoms with Crippen molar-refractivity contribution in [2.75, 3.05) is 19.6 Å². The summed E-state index contributed by atoms with van der Waals surface area (Å²) in [6, 6.07) is 0.516. The summed E-state index contributed by atoms with van der Waals surface area (Å²) in [4.78, 5) is 15.9. The van der Waals surface area contributed by atoms with Gasteiger partial charge in [0, 0.05) is 25.2 Å². The number of aliphatic hydroxyl groups excluding tert-OH is 1. The van der Waals surface area contributed by atoms with E-state index in [1.165, 1.54) is 0 Å². The second kappa shape index (κ2) is 6.00. The van der Waals surface area contributed by atoms with Crippen LogP contribution in [0.15, 0.2) is 0 Å². The van der Waals surface area contributed by atoms with Crippen molar-refractivity contribution in [3.05, 3.63) is 0 Å². The van der Waals surface area contributed by atoms with Gasteiger partial charge in [0.25, 0.3) is 0 Å². The third kappa shape index (κ3) is 2.71. The Morgan fingerprint density at radius 2 is 1.70 bits per heavy atom. The number of carboxylic acid groups (broad SMARTS) is 1. The first-order valence-corrected chi connectivity index (χ1v) is 8.07. The van der Waals surface area contributed by atoms with E-state index in [1.54, 1.807) is 0 Å². The van der Waals surface area contributed by atoms with E-state index in [4.69, 9.17) is 0 Å². The van der Waals surface area contributed by atoms with Gasteiger partial charge in [0.05, 0.1) is 6.10 Å². The Kier molecular flexibility index (Phi) is 4.29. The second-order valence-corrected chi connectivity index (χ2v) is 6.57. The molecule has 3 aliphatic rings. The lowest BCUT2D eigenvalue weighted by Crippen LogP contribution is -2.52. The predicted octanol–water partition coefficient (Wildman–Crippen LogP) is 0.913. The molecule has 2 heterocycles. The Morgan fingerprint density at radius 3 is 2.30 bits per heavy atom. The third-order valence-corrected chi connectivity index (χ3v) is 5.46. The maximum absolute atomic E-state index is 11.3. The van der Waals surface area contributed by atoms with Crippen LogP contribution in [0.3, 0.4) is 0 Å². The zero-order valence-corrected chi connectivity index (χ0v) is 12.1. The topological polar surface area (TPSA) is 64.0 Å². The van der Waals surface area contributed by atoms with Crippen LogP contribution >= 0.6 is 0 Å². The quantitative estimate of drug-likeness (QED) is 0.805. The molecule has 0 amide bonds. The van der Waals surface area contributed by atoms with E-state index in [2.05, 4.69) is 9.80 Å². The molecular weight excluding hydrogens is 256 g/mol. The lowest BCUT2D eigenvalue weighted by atomic mass is 9.99. The second-order valence-electron chi connectivity index (χ2n) is 6.57. The molecule has 2 aliphatic heterocycles. The average molecular weight is 282 g/mol. The van der Waals surface area contributed by atoms with Crippen LogP contribution in [-0.2, 0) is 4.79 Å². The molecule has 0 aromatic heterocycles. The summed E-state index contributed by atoms with van der Waals surface area (Å²) in [5.74, 6) is -0.656. The van der Waals surface area contributed by atoms with Gasteiger partial charge in [-0.25, -0.2) is 0 Å². The smallest absolute Gasteiger partial charge is 0.320 e. The summed E-state index contributed by atoms with van der Waals surface area (Å²) in [7, 11) is 0. The maximum atomic E-state index is 11.3. The molecule has 0 aromatic carbocycles. The molecule has 1 aliphatic carbocycles. The number of likely N-dealkylation sites (tertiary alicyclic amines) is 2.